The number of allylic oxidation sites excluding steroid dienone is 1. The summed E-state index contributed by atoms with van der Waals surface area (Å²) in [6.07, 6.45) is 4.15. The summed E-state index contributed by atoms with van der Waals surface area (Å²) in [5, 5.41) is 3.36. The molecule has 0 aliphatic heterocycles. The van der Waals surface area contributed by atoms with Gasteiger partial charge in [0, 0.05) is 32.7 Å². The first kappa shape index (κ1) is 19.0. The number of hydrogen-bond donors (Lipinski definition) is 1. The Kier molecular flexibility index (Phi) is 11.2. The largest absolute Gasteiger partial charge is 0.357 e. The minimum Gasteiger partial charge on any atom is -0.357 e. The molecule has 0 bridgehead atoms. The van der Waals surface area contributed by atoms with E-state index in [0.29, 0.717) is 6.04 Å². The summed E-state index contributed by atoms with van der Waals surface area (Å²) < 4.78 is 0. The number of rotatable bonds is 10. The van der Waals surface area contributed by atoms with Gasteiger partial charge in [0.1, 0.15) is 0 Å². The molecule has 0 unspecified atom stereocenters. The fourth-order valence-corrected chi connectivity index (χ4v) is 2.11. The van der Waals surface area contributed by atoms with E-state index in [0.717, 1.165) is 51.5 Å². The van der Waals surface area contributed by atoms with Crippen LogP contribution >= 0.6 is 0 Å². The predicted octanol–water partition coefficient (Wildman–Crippen LogP) is 2.58. The highest BCUT2D eigenvalue weighted by molar-refractivity contribution is 5.79. The fraction of sp³-hybridized carbons (Fsp3) is 0.812. The van der Waals surface area contributed by atoms with E-state index in [1.165, 1.54) is 0 Å². The molecule has 20 heavy (non-hydrogen) atoms. The van der Waals surface area contributed by atoms with Crippen LogP contribution in [0.1, 0.15) is 40.5 Å². The van der Waals surface area contributed by atoms with Crippen molar-refractivity contribution in [2.24, 2.45) is 4.99 Å². The molecule has 0 atom stereocenters. The van der Waals surface area contributed by atoms with E-state index in [2.05, 4.69) is 56.4 Å². The first-order valence-corrected chi connectivity index (χ1v) is 7.91. The summed E-state index contributed by atoms with van der Waals surface area (Å²) in [6.45, 7) is 17.4. The molecule has 0 radical (unpaired) electrons. The number of unbranched alkanes of at least 4 members (excludes halogenated alkanes) is 1. The smallest absolute Gasteiger partial charge is 0.193 e. The molecule has 1 N–H and O–H groups in total. The summed E-state index contributed by atoms with van der Waals surface area (Å²) in [6, 6.07) is 0.586. The van der Waals surface area contributed by atoms with Gasteiger partial charge in [-0.25, -0.2) is 0 Å². The van der Waals surface area contributed by atoms with Crippen LogP contribution in [0.3, 0.4) is 0 Å². The summed E-state index contributed by atoms with van der Waals surface area (Å²) in [4.78, 5) is 9.37. The Morgan fingerprint density at radius 3 is 2.50 bits per heavy atom. The van der Waals surface area contributed by atoms with Gasteiger partial charge in [0.15, 0.2) is 5.96 Å². The van der Waals surface area contributed by atoms with Gasteiger partial charge < -0.3 is 10.2 Å². The number of nitrogens with zero attached hydrogens (tertiary/aromatic N) is 3. The van der Waals surface area contributed by atoms with Crippen LogP contribution in [0.4, 0.5) is 0 Å². The van der Waals surface area contributed by atoms with Crippen LogP contribution < -0.4 is 5.32 Å². The topological polar surface area (TPSA) is 30.9 Å². The van der Waals surface area contributed by atoms with Gasteiger partial charge >= 0.3 is 0 Å². The molecule has 4 nitrogen and oxygen atoms in total. The van der Waals surface area contributed by atoms with Crippen LogP contribution in [0.15, 0.2) is 17.6 Å². The van der Waals surface area contributed by atoms with Gasteiger partial charge in [-0.3, -0.25) is 9.89 Å². The maximum Gasteiger partial charge on any atom is 0.193 e. The highest BCUT2D eigenvalue weighted by atomic mass is 15.3. The lowest BCUT2D eigenvalue weighted by Gasteiger charge is -2.25. The predicted molar refractivity (Wildman–Crippen MR) is 90.4 cm³/mol. The van der Waals surface area contributed by atoms with E-state index in [-0.39, 0.29) is 0 Å². The molecule has 0 rings (SSSR count). The molecule has 0 fully saturated rings. The standard InChI is InChI=1S/C16H34N4/c1-7-10-11-13-19(6)16(17-8-2)18-12-14-20(9-3)15(4)5/h7,15H,1,8-14H2,2-6H3,(H,17,18). The lowest BCUT2D eigenvalue weighted by Crippen LogP contribution is -2.40. The normalized spacial score (nSPS) is 12.1. The van der Waals surface area contributed by atoms with Crippen molar-refractivity contribution in [2.75, 3.05) is 39.8 Å². The maximum absolute atomic E-state index is 4.73. The Morgan fingerprint density at radius 1 is 1.30 bits per heavy atom. The fourth-order valence-electron chi connectivity index (χ4n) is 2.11. The lowest BCUT2D eigenvalue weighted by molar-refractivity contribution is 0.240. The number of aliphatic imine (C=N–C) groups is 1. The molecule has 0 spiro atoms. The second-order valence-corrected chi connectivity index (χ2v) is 5.31. The third-order valence-electron chi connectivity index (χ3n) is 3.38. The van der Waals surface area contributed by atoms with Gasteiger partial charge in [-0.05, 0) is 40.2 Å². The first-order chi connectivity index (χ1) is 9.56. The van der Waals surface area contributed by atoms with Crippen LogP contribution in [-0.4, -0.2) is 61.6 Å². The molecule has 0 aromatic carbocycles. The highest BCUT2D eigenvalue weighted by Gasteiger charge is 2.07. The second kappa shape index (κ2) is 11.8. The van der Waals surface area contributed by atoms with E-state index in [1.807, 2.05) is 6.08 Å². The van der Waals surface area contributed by atoms with Crippen LogP contribution in [0.25, 0.3) is 0 Å². The van der Waals surface area contributed by atoms with Crippen molar-refractivity contribution in [1.82, 2.24) is 15.1 Å². The first-order valence-electron chi connectivity index (χ1n) is 7.91. The quantitative estimate of drug-likeness (QED) is 0.289. The third-order valence-corrected chi connectivity index (χ3v) is 3.38. The Labute approximate surface area is 125 Å². The zero-order chi connectivity index (χ0) is 15.4. The minimum absolute atomic E-state index is 0.586. The van der Waals surface area contributed by atoms with E-state index in [9.17, 15) is 0 Å². The van der Waals surface area contributed by atoms with E-state index >= 15 is 0 Å². The van der Waals surface area contributed by atoms with Crippen molar-refractivity contribution >= 4 is 5.96 Å². The maximum atomic E-state index is 4.73. The van der Waals surface area contributed by atoms with Gasteiger partial charge in [-0.2, -0.15) is 0 Å². The Balaban J connectivity index is 4.33. The Morgan fingerprint density at radius 2 is 2.00 bits per heavy atom. The molecule has 4 heteroatoms. The molecule has 0 saturated heterocycles. The number of guanidine groups is 1. The van der Waals surface area contributed by atoms with Gasteiger partial charge in [-0.15, -0.1) is 6.58 Å². The van der Waals surface area contributed by atoms with Gasteiger partial charge in [0.05, 0.1) is 6.54 Å². The number of likely N-dealkylation sites (N-methyl/N-ethyl adjacent to an activating group) is 1. The van der Waals surface area contributed by atoms with Gasteiger partial charge in [0.25, 0.3) is 0 Å². The molecule has 0 amide bonds. The third kappa shape index (κ3) is 8.20. The van der Waals surface area contributed by atoms with Crippen molar-refractivity contribution in [3.63, 3.8) is 0 Å². The Hall–Kier alpha value is -1.03. The molecular formula is C16H34N4. The van der Waals surface area contributed by atoms with E-state index in [4.69, 9.17) is 4.99 Å². The average molecular weight is 282 g/mol. The number of nitrogens with one attached hydrogen (secondary N) is 1. The molecule has 0 saturated carbocycles. The monoisotopic (exact) mass is 282 g/mol. The summed E-state index contributed by atoms with van der Waals surface area (Å²) in [5.74, 6) is 1.01. The van der Waals surface area contributed by atoms with Gasteiger partial charge in [0.2, 0.25) is 0 Å². The van der Waals surface area contributed by atoms with Crippen molar-refractivity contribution in [3.8, 4) is 0 Å². The number of hydrogen-bond acceptors (Lipinski definition) is 2. The average Bonchev–Trinajstić information content (AvgIpc) is 2.42. The summed E-state index contributed by atoms with van der Waals surface area (Å²) in [5.41, 5.74) is 0. The zero-order valence-electron chi connectivity index (χ0n) is 14.2. The van der Waals surface area contributed by atoms with E-state index < -0.39 is 0 Å². The highest BCUT2D eigenvalue weighted by Crippen LogP contribution is 1.98. The minimum atomic E-state index is 0.586. The molecule has 0 aliphatic carbocycles. The summed E-state index contributed by atoms with van der Waals surface area (Å²) >= 11 is 0. The zero-order valence-corrected chi connectivity index (χ0v) is 14.2. The van der Waals surface area contributed by atoms with Crippen molar-refractivity contribution < 1.29 is 0 Å². The molecule has 0 aromatic rings. The molecule has 0 aliphatic rings. The van der Waals surface area contributed by atoms with Crippen LogP contribution in [0, 0.1) is 0 Å². The molecule has 0 aromatic heterocycles. The molecule has 0 heterocycles. The SMILES string of the molecule is C=CCCCN(C)C(=NCCN(CC)C(C)C)NCC. The molecular weight excluding hydrogens is 248 g/mol. The van der Waals surface area contributed by atoms with Crippen molar-refractivity contribution in [3.05, 3.63) is 12.7 Å². The van der Waals surface area contributed by atoms with Crippen molar-refractivity contribution in [1.29, 1.82) is 0 Å². The lowest BCUT2D eigenvalue weighted by atomic mass is 10.3. The Bertz CT molecular complexity index is 274. The molecule has 118 valence electrons. The van der Waals surface area contributed by atoms with Crippen LogP contribution in [0.2, 0.25) is 0 Å². The van der Waals surface area contributed by atoms with Crippen LogP contribution in [-0.2, 0) is 0 Å². The second-order valence-electron chi connectivity index (χ2n) is 5.31. The van der Waals surface area contributed by atoms with Crippen LogP contribution in [0.5, 0.6) is 0 Å². The summed E-state index contributed by atoms with van der Waals surface area (Å²) in [7, 11) is 2.10. The van der Waals surface area contributed by atoms with E-state index in [1.54, 1.807) is 0 Å². The van der Waals surface area contributed by atoms with Gasteiger partial charge in [-0.1, -0.05) is 13.0 Å². The van der Waals surface area contributed by atoms with Crippen molar-refractivity contribution in [2.45, 2.75) is 46.6 Å².